The van der Waals surface area contributed by atoms with Crippen molar-refractivity contribution in [3.8, 4) is 5.75 Å². The van der Waals surface area contributed by atoms with Gasteiger partial charge in [0.15, 0.2) is 0 Å². The number of unbranched alkanes of at least 4 members (excludes halogenated alkanes) is 1. The van der Waals surface area contributed by atoms with Crippen LogP contribution in [0, 0.1) is 0 Å². The SMILES string of the molecule is CCCCOc1cccc(/C=C/C(N)=O)c1. The molecule has 0 unspecified atom stereocenters. The van der Waals surface area contributed by atoms with Crippen LogP contribution in [-0.4, -0.2) is 12.5 Å². The van der Waals surface area contributed by atoms with Gasteiger partial charge in [-0.15, -0.1) is 0 Å². The summed E-state index contributed by atoms with van der Waals surface area (Å²) in [4.78, 5) is 10.6. The molecule has 86 valence electrons. The number of ether oxygens (including phenoxy) is 1. The van der Waals surface area contributed by atoms with E-state index in [1.54, 1.807) is 6.08 Å². The zero-order chi connectivity index (χ0) is 11.8. The third-order valence-electron chi connectivity index (χ3n) is 2.06. The maximum atomic E-state index is 10.6. The van der Waals surface area contributed by atoms with E-state index < -0.39 is 5.91 Å². The Kier molecular flexibility index (Phi) is 5.12. The number of nitrogens with two attached hydrogens (primary N) is 1. The third kappa shape index (κ3) is 4.64. The molecule has 1 aromatic rings. The molecule has 2 N–H and O–H groups in total. The molecule has 3 heteroatoms. The van der Waals surface area contributed by atoms with Gasteiger partial charge in [-0.25, -0.2) is 0 Å². The number of benzene rings is 1. The van der Waals surface area contributed by atoms with Gasteiger partial charge in [0.05, 0.1) is 6.61 Å². The third-order valence-corrected chi connectivity index (χ3v) is 2.06. The van der Waals surface area contributed by atoms with Crippen LogP contribution in [0.1, 0.15) is 25.3 Å². The Morgan fingerprint density at radius 2 is 2.31 bits per heavy atom. The smallest absolute Gasteiger partial charge is 0.241 e. The molecule has 0 aromatic heterocycles. The van der Waals surface area contributed by atoms with Gasteiger partial charge in [0.2, 0.25) is 5.91 Å². The largest absolute Gasteiger partial charge is 0.494 e. The van der Waals surface area contributed by atoms with E-state index in [0.29, 0.717) is 0 Å². The first-order valence-electron chi connectivity index (χ1n) is 5.42. The van der Waals surface area contributed by atoms with Crippen molar-refractivity contribution in [2.24, 2.45) is 5.73 Å². The lowest BCUT2D eigenvalue weighted by atomic mass is 10.2. The molecule has 16 heavy (non-hydrogen) atoms. The summed E-state index contributed by atoms with van der Waals surface area (Å²) < 4.78 is 5.54. The van der Waals surface area contributed by atoms with Gasteiger partial charge in [-0.3, -0.25) is 4.79 Å². The molecule has 0 saturated carbocycles. The molecule has 0 fully saturated rings. The summed E-state index contributed by atoms with van der Waals surface area (Å²) in [5, 5.41) is 0. The zero-order valence-corrected chi connectivity index (χ0v) is 9.48. The van der Waals surface area contributed by atoms with Gasteiger partial charge in [-0.2, -0.15) is 0 Å². The summed E-state index contributed by atoms with van der Waals surface area (Å²) in [5.41, 5.74) is 5.93. The maximum Gasteiger partial charge on any atom is 0.241 e. The van der Waals surface area contributed by atoms with Crippen LogP contribution in [0.4, 0.5) is 0 Å². The van der Waals surface area contributed by atoms with E-state index in [-0.39, 0.29) is 0 Å². The number of primary amides is 1. The molecule has 1 rings (SSSR count). The quantitative estimate of drug-likeness (QED) is 0.590. The minimum Gasteiger partial charge on any atom is -0.494 e. The van der Waals surface area contributed by atoms with E-state index in [9.17, 15) is 4.79 Å². The van der Waals surface area contributed by atoms with Crippen molar-refractivity contribution >= 4 is 12.0 Å². The molecule has 0 spiro atoms. The van der Waals surface area contributed by atoms with Crippen LogP contribution in [0.25, 0.3) is 6.08 Å². The lowest BCUT2D eigenvalue weighted by Gasteiger charge is -2.05. The Morgan fingerprint density at radius 1 is 1.50 bits per heavy atom. The maximum absolute atomic E-state index is 10.6. The van der Waals surface area contributed by atoms with Gasteiger partial charge >= 0.3 is 0 Å². The van der Waals surface area contributed by atoms with Gasteiger partial charge in [0.25, 0.3) is 0 Å². The highest BCUT2D eigenvalue weighted by Crippen LogP contribution is 2.14. The van der Waals surface area contributed by atoms with Crippen LogP contribution in [0.2, 0.25) is 0 Å². The van der Waals surface area contributed by atoms with Crippen LogP contribution in [0.15, 0.2) is 30.3 Å². The molecule has 0 aliphatic carbocycles. The number of rotatable bonds is 6. The number of carbonyl (C=O) groups excluding carboxylic acids is 1. The van der Waals surface area contributed by atoms with Gasteiger partial charge in [0.1, 0.15) is 5.75 Å². The summed E-state index contributed by atoms with van der Waals surface area (Å²) in [6.07, 6.45) is 5.17. The summed E-state index contributed by atoms with van der Waals surface area (Å²) in [7, 11) is 0. The predicted molar refractivity (Wildman–Crippen MR) is 65.1 cm³/mol. The first-order valence-corrected chi connectivity index (χ1v) is 5.42. The van der Waals surface area contributed by atoms with Crippen LogP contribution in [0.3, 0.4) is 0 Å². The second kappa shape index (κ2) is 6.67. The fourth-order valence-electron chi connectivity index (χ4n) is 1.22. The molecule has 0 aliphatic rings. The second-order valence-corrected chi connectivity index (χ2v) is 3.51. The molecule has 1 amide bonds. The van der Waals surface area contributed by atoms with E-state index >= 15 is 0 Å². The lowest BCUT2D eigenvalue weighted by molar-refractivity contribution is -0.113. The van der Waals surface area contributed by atoms with Crippen LogP contribution < -0.4 is 10.5 Å². The highest BCUT2D eigenvalue weighted by molar-refractivity contribution is 5.90. The first kappa shape index (κ1) is 12.3. The second-order valence-electron chi connectivity index (χ2n) is 3.51. The molecule has 0 saturated heterocycles. The average molecular weight is 219 g/mol. The molecule has 0 radical (unpaired) electrons. The fraction of sp³-hybridized carbons (Fsp3) is 0.308. The van der Waals surface area contributed by atoms with Crippen molar-refractivity contribution in [2.45, 2.75) is 19.8 Å². The highest BCUT2D eigenvalue weighted by atomic mass is 16.5. The fourth-order valence-corrected chi connectivity index (χ4v) is 1.22. The summed E-state index contributed by atoms with van der Waals surface area (Å²) in [6, 6.07) is 7.57. The number of amides is 1. The Labute approximate surface area is 95.9 Å². The summed E-state index contributed by atoms with van der Waals surface area (Å²) >= 11 is 0. The summed E-state index contributed by atoms with van der Waals surface area (Å²) in [5.74, 6) is 0.373. The predicted octanol–water partition coefficient (Wildman–Crippen LogP) is 2.36. The van der Waals surface area contributed by atoms with E-state index in [4.69, 9.17) is 10.5 Å². The van der Waals surface area contributed by atoms with Crippen LogP contribution in [-0.2, 0) is 4.79 Å². The number of hydrogen-bond acceptors (Lipinski definition) is 2. The van der Waals surface area contributed by atoms with Crippen molar-refractivity contribution in [1.82, 2.24) is 0 Å². The number of hydrogen-bond donors (Lipinski definition) is 1. The molecular formula is C13H17NO2. The molecule has 0 bridgehead atoms. The van der Waals surface area contributed by atoms with Gasteiger partial charge in [0, 0.05) is 6.08 Å². The van der Waals surface area contributed by atoms with E-state index in [2.05, 4.69) is 6.92 Å². The Bertz CT molecular complexity index is 372. The van der Waals surface area contributed by atoms with Crippen molar-refractivity contribution in [3.05, 3.63) is 35.9 Å². The monoisotopic (exact) mass is 219 g/mol. The molecule has 0 heterocycles. The van der Waals surface area contributed by atoms with Gasteiger partial charge in [-0.05, 0) is 30.2 Å². The highest BCUT2D eigenvalue weighted by Gasteiger charge is 1.94. The molecule has 1 aromatic carbocycles. The normalized spacial score (nSPS) is 10.6. The van der Waals surface area contributed by atoms with E-state index in [1.165, 1.54) is 6.08 Å². The van der Waals surface area contributed by atoms with E-state index in [0.717, 1.165) is 30.8 Å². The first-order chi connectivity index (χ1) is 7.72. The topological polar surface area (TPSA) is 52.3 Å². The Morgan fingerprint density at radius 3 is 3.00 bits per heavy atom. The standard InChI is InChI=1S/C13H17NO2/c1-2-3-9-16-12-6-4-5-11(10-12)7-8-13(14)15/h4-8,10H,2-3,9H2,1H3,(H2,14,15)/b8-7+. The van der Waals surface area contributed by atoms with Crippen molar-refractivity contribution in [1.29, 1.82) is 0 Å². The van der Waals surface area contributed by atoms with Crippen molar-refractivity contribution < 1.29 is 9.53 Å². The Hall–Kier alpha value is -1.77. The molecule has 0 atom stereocenters. The Balaban J connectivity index is 2.60. The summed E-state index contributed by atoms with van der Waals surface area (Å²) in [6.45, 7) is 2.84. The molecule has 0 aliphatic heterocycles. The van der Waals surface area contributed by atoms with Gasteiger partial charge in [-0.1, -0.05) is 25.5 Å². The van der Waals surface area contributed by atoms with Crippen LogP contribution >= 0.6 is 0 Å². The van der Waals surface area contributed by atoms with Crippen molar-refractivity contribution in [3.63, 3.8) is 0 Å². The minimum atomic E-state index is -0.447. The number of carbonyl (C=O) groups is 1. The average Bonchev–Trinajstić information content (AvgIpc) is 2.27. The van der Waals surface area contributed by atoms with Crippen LogP contribution in [0.5, 0.6) is 5.75 Å². The zero-order valence-electron chi connectivity index (χ0n) is 9.48. The lowest BCUT2D eigenvalue weighted by Crippen LogP contribution is -2.05. The minimum absolute atomic E-state index is 0.447. The molecular weight excluding hydrogens is 202 g/mol. The van der Waals surface area contributed by atoms with Gasteiger partial charge < -0.3 is 10.5 Å². The van der Waals surface area contributed by atoms with Crippen molar-refractivity contribution in [2.75, 3.05) is 6.61 Å². The van der Waals surface area contributed by atoms with E-state index in [1.807, 2.05) is 24.3 Å². The molecule has 3 nitrogen and oxygen atoms in total.